The summed E-state index contributed by atoms with van der Waals surface area (Å²) in [4.78, 5) is 21.1. The Balaban J connectivity index is 0.000000381. The lowest BCUT2D eigenvalue weighted by Gasteiger charge is -2.04. The summed E-state index contributed by atoms with van der Waals surface area (Å²) in [7, 11) is 0. The molecule has 6 heteroatoms. The van der Waals surface area contributed by atoms with Gasteiger partial charge >= 0.3 is 0 Å². The van der Waals surface area contributed by atoms with Crippen molar-refractivity contribution in [1.29, 1.82) is 0 Å². The van der Waals surface area contributed by atoms with Crippen LogP contribution in [-0.2, 0) is 9.59 Å². The van der Waals surface area contributed by atoms with Gasteiger partial charge in [0.2, 0.25) is 11.8 Å². The zero-order chi connectivity index (χ0) is 19.6. The maximum absolute atomic E-state index is 10.6. The van der Waals surface area contributed by atoms with Gasteiger partial charge in [-0.3, -0.25) is 9.59 Å². The molecule has 0 spiro atoms. The second kappa shape index (κ2) is 15.8. The molecule has 0 aliphatic heterocycles. The molecule has 2 aromatic carbocycles. The minimum atomic E-state index is -0.239. The first-order chi connectivity index (χ1) is 12.5. The molecule has 0 bridgehead atoms. The Morgan fingerprint density at radius 2 is 1.00 bits per heavy atom. The highest BCUT2D eigenvalue weighted by Crippen LogP contribution is 1.92. The Hall–Kier alpha value is -2.70. The zero-order valence-corrected chi connectivity index (χ0v) is 15.6. The van der Waals surface area contributed by atoms with Crippen molar-refractivity contribution >= 4 is 11.8 Å². The number of hydrogen-bond acceptors (Lipinski definition) is 4. The molecule has 0 fully saturated rings. The molecular formula is C20H30N4O2. The quantitative estimate of drug-likeness (QED) is 0.600. The van der Waals surface area contributed by atoms with Gasteiger partial charge < -0.3 is 22.1 Å². The SMILES string of the molecule is Cc1ccccc1.Cc1ccccc1.NCC(=O)NCCNC(=O)CN. The second-order valence-corrected chi connectivity index (χ2v) is 5.42. The van der Waals surface area contributed by atoms with Crippen molar-refractivity contribution < 1.29 is 9.59 Å². The number of nitrogens with two attached hydrogens (primary N) is 2. The number of benzene rings is 2. The molecule has 0 atom stereocenters. The molecule has 0 unspecified atom stereocenters. The molecule has 142 valence electrons. The first-order valence-electron chi connectivity index (χ1n) is 8.46. The van der Waals surface area contributed by atoms with Crippen LogP contribution in [0.5, 0.6) is 0 Å². The summed E-state index contributed by atoms with van der Waals surface area (Å²) in [6, 6.07) is 20.5. The number of hydrogen-bond donors (Lipinski definition) is 4. The van der Waals surface area contributed by atoms with E-state index in [1.807, 2.05) is 36.4 Å². The normalized spacial score (nSPS) is 8.92. The van der Waals surface area contributed by atoms with Crippen molar-refractivity contribution in [2.75, 3.05) is 26.2 Å². The molecule has 0 saturated heterocycles. The molecule has 26 heavy (non-hydrogen) atoms. The maximum Gasteiger partial charge on any atom is 0.233 e. The molecule has 0 saturated carbocycles. The number of carbonyl (C=O) groups is 2. The third kappa shape index (κ3) is 14.9. The minimum absolute atomic E-state index is 0.0369. The van der Waals surface area contributed by atoms with Crippen molar-refractivity contribution in [1.82, 2.24) is 10.6 Å². The zero-order valence-electron chi connectivity index (χ0n) is 15.6. The van der Waals surface area contributed by atoms with E-state index in [0.29, 0.717) is 13.1 Å². The van der Waals surface area contributed by atoms with Crippen molar-refractivity contribution in [2.45, 2.75) is 13.8 Å². The lowest BCUT2D eigenvalue weighted by atomic mass is 10.2. The Bertz CT molecular complexity index is 548. The van der Waals surface area contributed by atoms with Crippen LogP contribution in [-0.4, -0.2) is 38.0 Å². The van der Waals surface area contributed by atoms with E-state index in [1.54, 1.807) is 0 Å². The van der Waals surface area contributed by atoms with Gasteiger partial charge in [0.1, 0.15) is 0 Å². The van der Waals surface area contributed by atoms with Crippen LogP contribution in [0.2, 0.25) is 0 Å². The van der Waals surface area contributed by atoms with Gasteiger partial charge in [0.15, 0.2) is 0 Å². The topological polar surface area (TPSA) is 110 Å². The summed E-state index contributed by atoms with van der Waals surface area (Å²) >= 11 is 0. The summed E-state index contributed by atoms with van der Waals surface area (Å²) in [5, 5.41) is 4.98. The number of aryl methyl sites for hydroxylation is 2. The number of carbonyl (C=O) groups excluding carboxylic acids is 2. The Labute approximate surface area is 156 Å². The van der Waals surface area contributed by atoms with Crippen molar-refractivity contribution in [3.05, 3.63) is 71.8 Å². The van der Waals surface area contributed by atoms with Crippen LogP contribution in [0.3, 0.4) is 0 Å². The Kier molecular flexibility index (Phi) is 14.2. The van der Waals surface area contributed by atoms with E-state index in [2.05, 4.69) is 48.7 Å². The third-order valence-electron chi connectivity index (χ3n) is 3.02. The highest BCUT2D eigenvalue weighted by molar-refractivity contribution is 5.78. The van der Waals surface area contributed by atoms with E-state index in [1.165, 1.54) is 11.1 Å². The first-order valence-corrected chi connectivity index (χ1v) is 8.46. The van der Waals surface area contributed by atoms with E-state index >= 15 is 0 Å². The highest BCUT2D eigenvalue weighted by atomic mass is 16.2. The summed E-state index contributed by atoms with van der Waals surface area (Å²) < 4.78 is 0. The second-order valence-electron chi connectivity index (χ2n) is 5.42. The van der Waals surface area contributed by atoms with Gasteiger partial charge in [-0.05, 0) is 13.8 Å². The van der Waals surface area contributed by atoms with Crippen molar-refractivity contribution in [2.24, 2.45) is 11.5 Å². The molecule has 0 aromatic heterocycles. The Morgan fingerprint density at radius 1 is 0.692 bits per heavy atom. The highest BCUT2D eigenvalue weighted by Gasteiger charge is 1.97. The standard InChI is InChI=1S/2C7H8.C6H14N4O2/c2*1-7-5-3-2-4-6-7;7-3-5(11)9-1-2-10-6(12)4-8/h2*2-6H,1H3;1-4,7-8H2,(H,9,11)(H,10,12). The lowest BCUT2D eigenvalue weighted by molar-refractivity contribution is -0.121. The van der Waals surface area contributed by atoms with E-state index in [4.69, 9.17) is 11.5 Å². The Morgan fingerprint density at radius 3 is 1.19 bits per heavy atom. The van der Waals surface area contributed by atoms with Crippen LogP contribution in [0.4, 0.5) is 0 Å². The molecule has 0 radical (unpaired) electrons. The van der Waals surface area contributed by atoms with Gasteiger partial charge in [0.05, 0.1) is 13.1 Å². The predicted octanol–water partition coefficient (Wildman–Crippen LogP) is 1.13. The van der Waals surface area contributed by atoms with Gasteiger partial charge in [-0.2, -0.15) is 0 Å². The van der Waals surface area contributed by atoms with Crippen LogP contribution in [0, 0.1) is 13.8 Å². The maximum atomic E-state index is 10.6. The van der Waals surface area contributed by atoms with Gasteiger partial charge in [0.25, 0.3) is 0 Å². The van der Waals surface area contributed by atoms with Crippen molar-refractivity contribution in [3.63, 3.8) is 0 Å². The largest absolute Gasteiger partial charge is 0.353 e. The molecule has 2 aromatic rings. The minimum Gasteiger partial charge on any atom is -0.353 e. The van der Waals surface area contributed by atoms with Crippen LogP contribution < -0.4 is 22.1 Å². The fraction of sp³-hybridized carbons (Fsp3) is 0.300. The van der Waals surface area contributed by atoms with E-state index in [9.17, 15) is 9.59 Å². The first kappa shape index (κ1) is 23.3. The van der Waals surface area contributed by atoms with E-state index in [0.717, 1.165) is 0 Å². The number of nitrogens with one attached hydrogen (secondary N) is 2. The molecule has 6 nitrogen and oxygen atoms in total. The molecule has 0 aliphatic rings. The van der Waals surface area contributed by atoms with Gasteiger partial charge in [-0.1, -0.05) is 71.8 Å². The fourth-order valence-electron chi connectivity index (χ4n) is 1.62. The number of rotatable bonds is 5. The van der Waals surface area contributed by atoms with Gasteiger partial charge in [-0.15, -0.1) is 0 Å². The molecule has 2 rings (SSSR count). The average Bonchev–Trinajstić information content (AvgIpc) is 2.67. The molecular weight excluding hydrogens is 328 g/mol. The van der Waals surface area contributed by atoms with Crippen molar-refractivity contribution in [3.8, 4) is 0 Å². The average molecular weight is 358 g/mol. The summed E-state index contributed by atoms with van der Waals surface area (Å²) in [5.41, 5.74) is 12.7. The lowest BCUT2D eigenvalue weighted by Crippen LogP contribution is -2.39. The van der Waals surface area contributed by atoms with Crippen LogP contribution in [0.25, 0.3) is 0 Å². The molecule has 0 aliphatic carbocycles. The van der Waals surface area contributed by atoms with Gasteiger partial charge in [0, 0.05) is 13.1 Å². The van der Waals surface area contributed by atoms with Gasteiger partial charge in [-0.25, -0.2) is 0 Å². The molecule has 2 amide bonds. The van der Waals surface area contributed by atoms with E-state index in [-0.39, 0.29) is 24.9 Å². The summed E-state index contributed by atoms with van der Waals surface area (Å²) in [5.74, 6) is -0.478. The fourth-order valence-corrected chi connectivity index (χ4v) is 1.62. The van der Waals surface area contributed by atoms with Crippen LogP contribution in [0.1, 0.15) is 11.1 Å². The molecule has 6 N–H and O–H groups in total. The summed E-state index contributed by atoms with van der Waals surface area (Å²) in [6.45, 7) is 4.85. The molecule has 0 heterocycles. The van der Waals surface area contributed by atoms with Crippen LogP contribution in [0.15, 0.2) is 60.7 Å². The number of amides is 2. The third-order valence-corrected chi connectivity index (χ3v) is 3.02. The van der Waals surface area contributed by atoms with E-state index < -0.39 is 0 Å². The monoisotopic (exact) mass is 358 g/mol. The summed E-state index contributed by atoms with van der Waals surface area (Å²) in [6.07, 6.45) is 0. The smallest absolute Gasteiger partial charge is 0.233 e. The predicted molar refractivity (Wildman–Crippen MR) is 106 cm³/mol. The van der Waals surface area contributed by atoms with Crippen LogP contribution >= 0.6 is 0 Å².